The average Bonchev–Trinajstić information content (AvgIpc) is 3.60. The van der Waals surface area contributed by atoms with Crippen LogP contribution in [0.3, 0.4) is 0 Å². The van der Waals surface area contributed by atoms with Gasteiger partial charge in [0, 0.05) is 38.8 Å². The lowest BCUT2D eigenvalue weighted by Crippen LogP contribution is -2.11. The minimum atomic E-state index is 1.09. The van der Waals surface area contributed by atoms with E-state index >= 15 is 0 Å². The first-order chi connectivity index (χ1) is 26.8. The van der Waals surface area contributed by atoms with E-state index in [0.29, 0.717) is 0 Å². The van der Waals surface area contributed by atoms with E-state index in [1.54, 1.807) is 0 Å². The molecule has 0 aliphatic rings. The van der Waals surface area contributed by atoms with Crippen molar-refractivity contribution in [2.75, 3.05) is 4.90 Å². The van der Waals surface area contributed by atoms with Crippen LogP contribution in [0.1, 0.15) is 0 Å². The van der Waals surface area contributed by atoms with Gasteiger partial charge in [-0.2, -0.15) is 0 Å². The number of fused-ring (bicyclic) bond motifs is 4. The zero-order valence-electron chi connectivity index (χ0n) is 29.7. The summed E-state index contributed by atoms with van der Waals surface area (Å²) in [5.74, 6) is 0. The van der Waals surface area contributed by atoms with Crippen molar-refractivity contribution < 1.29 is 0 Å². The van der Waals surface area contributed by atoms with Gasteiger partial charge in [-0.05, 0) is 75.7 Å². The van der Waals surface area contributed by atoms with Crippen LogP contribution in [0.15, 0.2) is 218 Å². The van der Waals surface area contributed by atoms with Crippen LogP contribution in [-0.2, 0) is 0 Å². The highest BCUT2D eigenvalue weighted by molar-refractivity contribution is 6.14. The summed E-state index contributed by atoms with van der Waals surface area (Å²) < 4.78 is 2.44. The van der Waals surface area contributed by atoms with Crippen molar-refractivity contribution in [3.63, 3.8) is 0 Å². The normalized spacial score (nSPS) is 11.3. The van der Waals surface area contributed by atoms with Crippen LogP contribution < -0.4 is 4.90 Å². The highest BCUT2D eigenvalue weighted by Gasteiger charge is 2.20. The molecule has 0 amide bonds. The second-order valence-corrected chi connectivity index (χ2v) is 13.8. The predicted molar refractivity (Wildman–Crippen MR) is 229 cm³/mol. The maximum absolute atomic E-state index is 2.44. The molecule has 254 valence electrons. The maximum Gasteiger partial charge on any atom is 0.0619 e. The molecule has 0 saturated carbocycles. The molecule has 0 aliphatic heterocycles. The second-order valence-electron chi connectivity index (χ2n) is 13.8. The van der Waals surface area contributed by atoms with Crippen LogP contribution in [0, 0.1) is 0 Å². The van der Waals surface area contributed by atoms with Crippen molar-refractivity contribution in [3.8, 4) is 39.1 Å². The zero-order chi connectivity index (χ0) is 35.8. The van der Waals surface area contributed by atoms with Gasteiger partial charge in [0.1, 0.15) is 0 Å². The molecule has 0 aliphatic carbocycles. The number of nitrogens with zero attached hydrogens (tertiary/aromatic N) is 2. The molecule has 1 heterocycles. The fraction of sp³-hybridized carbons (Fsp3) is 0. The summed E-state index contributed by atoms with van der Waals surface area (Å²) in [6, 6.07) is 78.8. The van der Waals surface area contributed by atoms with Gasteiger partial charge in [0.25, 0.3) is 0 Å². The van der Waals surface area contributed by atoms with Gasteiger partial charge >= 0.3 is 0 Å². The van der Waals surface area contributed by atoms with Crippen molar-refractivity contribution in [2.45, 2.75) is 0 Å². The lowest BCUT2D eigenvalue weighted by molar-refractivity contribution is 1.17. The SMILES string of the molecule is c1ccc(-c2ccc(-c3ccc(N(c4cccc(-n5c6ccccc6c6cccc(-c7ccccc7)c65)c4)c4cccc5ccccc45)cc3)cc2)cc1. The van der Waals surface area contributed by atoms with Gasteiger partial charge in [-0.15, -0.1) is 0 Å². The summed E-state index contributed by atoms with van der Waals surface area (Å²) >= 11 is 0. The monoisotopic (exact) mass is 688 g/mol. The minimum Gasteiger partial charge on any atom is -0.310 e. The molecule has 10 aromatic rings. The number of hydrogen-bond donors (Lipinski definition) is 0. The summed E-state index contributed by atoms with van der Waals surface area (Å²) in [4.78, 5) is 2.40. The van der Waals surface area contributed by atoms with Gasteiger partial charge in [0.2, 0.25) is 0 Å². The van der Waals surface area contributed by atoms with Crippen molar-refractivity contribution in [2.24, 2.45) is 0 Å². The van der Waals surface area contributed by atoms with Crippen molar-refractivity contribution in [1.29, 1.82) is 0 Å². The molecule has 2 nitrogen and oxygen atoms in total. The average molecular weight is 689 g/mol. The molecule has 10 rings (SSSR count). The fourth-order valence-electron chi connectivity index (χ4n) is 8.03. The minimum absolute atomic E-state index is 1.09. The van der Waals surface area contributed by atoms with E-state index < -0.39 is 0 Å². The number of aromatic nitrogens is 1. The Morgan fingerprint density at radius 3 is 1.61 bits per heavy atom. The summed E-state index contributed by atoms with van der Waals surface area (Å²) in [7, 11) is 0. The quantitative estimate of drug-likeness (QED) is 0.162. The summed E-state index contributed by atoms with van der Waals surface area (Å²) in [6.45, 7) is 0. The summed E-state index contributed by atoms with van der Waals surface area (Å²) in [6.07, 6.45) is 0. The number of benzene rings is 9. The van der Waals surface area contributed by atoms with E-state index in [4.69, 9.17) is 0 Å². The molecule has 0 unspecified atom stereocenters. The van der Waals surface area contributed by atoms with Crippen LogP contribution in [0.2, 0.25) is 0 Å². The molecule has 0 spiro atoms. The van der Waals surface area contributed by atoms with E-state index in [1.807, 2.05) is 0 Å². The molecular weight excluding hydrogens is 653 g/mol. The van der Waals surface area contributed by atoms with E-state index in [0.717, 1.165) is 22.7 Å². The van der Waals surface area contributed by atoms with Gasteiger partial charge in [-0.1, -0.05) is 176 Å². The van der Waals surface area contributed by atoms with Crippen LogP contribution >= 0.6 is 0 Å². The van der Waals surface area contributed by atoms with Crippen molar-refractivity contribution in [3.05, 3.63) is 218 Å². The Hall–Kier alpha value is -7.16. The molecule has 0 bridgehead atoms. The Morgan fingerprint density at radius 2 is 0.870 bits per heavy atom. The molecule has 0 saturated heterocycles. The van der Waals surface area contributed by atoms with Gasteiger partial charge in [-0.25, -0.2) is 0 Å². The van der Waals surface area contributed by atoms with Gasteiger partial charge in [0.05, 0.1) is 16.7 Å². The summed E-state index contributed by atoms with van der Waals surface area (Å²) in [5.41, 5.74) is 14.1. The first-order valence-electron chi connectivity index (χ1n) is 18.5. The third-order valence-electron chi connectivity index (χ3n) is 10.6. The van der Waals surface area contributed by atoms with E-state index in [1.165, 1.54) is 66.0 Å². The topological polar surface area (TPSA) is 8.17 Å². The Labute approximate surface area is 315 Å². The summed E-state index contributed by atoms with van der Waals surface area (Å²) in [5, 5.41) is 4.90. The highest BCUT2D eigenvalue weighted by Crippen LogP contribution is 2.42. The van der Waals surface area contributed by atoms with Gasteiger partial charge in [0.15, 0.2) is 0 Å². The van der Waals surface area contributed by atoms with Crippen LogP contribution in [0.5, 0.6) is 0 Å². The lowest BCUT2D eigenvalue weighted by Gasteiger charge is -2.28. The second kappa shape index (κ2) is 13.4. The fourth-order valence-corrected chi connectivity index (χ4v) is 8.03. The van der Waals surface area contributed by atoms with Gasteiger partial charge < -0.3 is 9.47 Å². The maximum atomic E-state index is 2.44. The van der Waals surface area contributed by atoms with Crippen LogP contribution in [-0.4, -0.2) is 4.57 Å². The van der Waals surface area contributed by atoms with Crippen molar-refractivity contribution in [1.82, 2.24) is 4.57 Å². The Kier molecular flexibility index (Phi) is 7.85. The number of hydrogen-bond acceptors (Lipinski definition) is 1. The van der Waals surface area contributed by atoms with Crippen LogP contribution in [0.25, 0.3) is 71.6 Å². The third-order valence-corrected chi connectivity index (χ3v) is 10.6. The van der Waals surface area contributed by atoms with Crippen molar-refractivity contribution >= 4 is 49.6 Å². The molecular formula is C52H36N2. The van der Waals surface area contributed by atoms with Crippen LogP contribution in [0.4, 0.5) is 17.1 Å². The smallest absolute Gasteiger partial charge is 0.0619 e. The third kappa shape index (κ3) is 5.53. The molecule has 1 aromatic heterocycles. The molecule has 0 radical (unpaired) electrons. The highest BCUT2D eigenvalue weighted by atomic mass is 15.1. The number of anilines is 3. The molecule has 9 aromatic carbocycles. The number of rotatable bonds is 7. The van der Waals surface area contributed by atoms with E-state index in [9.17, 15) is 0 Å². The van der Waals surface area contributed by atoms with Gasteiger partial charge in [-0.3, -0.25) is 0 Å². The standard InChI is InChI=1S/C52H36N2/c1-3-14-37(15-4-1)38-28-30-39(31-29-38)40-32-34-43(35-33-40)53(50-27-11-19-41-18-7-8-22-46(41)50)44-20-12-21-45(36-44)54-51-26-10-9-23-48(51)49-25-13-24-47(52(49)54)42-16-5-2-6-17-42/h1-36H. The number of para-hydroxylation sites is 2. The largest absolute Gasteiger partial charge is 0.310 e. The molecule has 0 atom stereocenters. The molecule has 0 N–H and O–H groups in total. The molecule has 0 fully saturated rings. The molecule has 54 heavy (non-hydrogen) atoms. The molecule has 2 heteroatoms. The Balaban J connectivity index is 1.13. The van der Waals surface area contributed by atoms with E-state index in [2.05, 4.69) is 228 Å². The first-order valence-corrected chi connectivity index (χ1v) is 18.5. The Bertz CT molecular complexity index is 2900. The Morgan fingerprint density at radius 1 is 0.333 bits per heavy atom. The lowest BCUT2D eigenvalue weighted by atomic mass is 10.00. The predicted octanol–water partition coefficient (Wildman–Crippen LogP) is 14.4. The van der Waals surface area contributed by atoms with E-state index in [-0.39, 0.29) is 0 Å². The zero-order valence-corrected chi connectivity index (χ0v) is 29.7. The first kappa shape index (κ1) is 31.6.